The van der Waals surface area contributed by atoms with Crippen LogP contribution in [0.3, 0.4) is 0 Å². The lowest BCUT2D eigenvalue weighted by atomic mass is 10.0. The normalized spacial score (nSPS) is 22.1. The number of sulfonamides is 1. The summed E-state index contributed by atoms with van der Waals surface area (Å²) in [7, 11) is -3.11. The standard InChI is InChI=1S/C9H20N2O2S/c1-8(10)7-11-14(12,13)9-5-3-2-4-6-9/h8-9,11H,2-7,10H2,1H3. The fraction of sp³-hybridized carbons (Fsp3) is 1.00. The van der Waals surface area contributed by atoms with Crippen molar-refractivity contribution < 1.29 is 8.42 Å². The first-order chi connectivity index (χ1) is 6.52. The Morgan fingerprint density at radius 1 is 1.36 bits per heavy atom. The molecule has 0 aromatic rings. The zero-order chi connectivity index (χ0) is 10.6. The van der Waals surface area contributed by atoms with Crippen LogP contribution in [0.2, 0.25) is 0 Å². The molecule has 14 heavy (non-hydrogen) atoms. The fourth-order valence-electron chi connectivity index (χ4n) is 1.74. The summed E-state index contributed by atoms with van der Waals surface area (Å²) in [6.45, 7) is 2.14. The van der Waals surface area contributed by atoms with E-state index in [-0.39, 0.29) is 11.3 Å². The topological polar surface area (TPSA) is 72.2 Å². The van der Waals surface area contributed by atoms with Crippen LogP contribution < -0.4 is 10.5 Å². The second kappa shape index (κ2) is 5.09. The molecule has 1 rings (SSSR count). The largest absolute Gasteiger partial charge is 0.327 e. The van der Waals surface area contributed by atoms with Gasteiger partial charge in [0.25, 0.3) is 0 Å². The Bertz CT molecular complexity index is 256. The van der Waals surface area contributed by atoms with Crippen LogP contribution in [0.15, 0.2) is 0 Å². The molecule has 0 aromatic heterocycles. The third-order valence-corrected chi connectivity index (χ3v) is 4.52. The summed E-state index contributed by atoms with van der Waals surface area (Å²) >= 11 is 0. The van der Waals surface area contributed by atoms with Crippen molar-refractivity contribution in [1.82, 2.24) is 4.72 Å². The Balaban J connectivity index is 2.46. The van der Waals surface area contributed by atoms with E-state index in [1.54, 1.807) is 6.92 Å². The van der Waals surface area contributed by atoms with Crippen molar-refractivity contribution in [1.29, 1.82) is 0 Å². The molecule has 4 nitrogen and oxygen atoms in total. The summed E-state index contributed by atoms with van der Waals surface area (Å²) in [6.07, 6.45) is 4.83. The van der Waals surface area contributed by atoms with E-state index >= 15 is 0 Å². The van der Waals surface area contributed by atoms with Crippen molar-refractivity contribution in [3.63, 3.8) is 0 Å². The van der Waals surface area contributed by atoms with Gasteiger partial charge in [-0.15, -0.1) is 0 Å². The van der Waals surface area contributed by atoms with Gasteiger partial charge >= 0.3 is 0 Å². The Labute approximate surface area is 86.3 Å². The molecule has 0 radical (unpaired) electrons. The van der Waals surface area contributed by atoms with Crippen molar-refractivity contribution in [2.75, 3.05) is 6.54 Å². The highest BCUT2D eigenvalue weighted by molar-refractivity contribution is 7.90. The number of rotatable bonds is 4. The van der Waals surface area contributed by atoms with Crippen LogP contribution in [0.1, 0.15) is 39.0 Å². The van der Waals surface area contributed by atoms with Gasteiger partial charge in [-0.3, -0.25) is 0 Å². The maximum Gasteiger partial charge on any atom is 0.214 e. The van der Waals surface area contributed by atoms with Crippen LogP contribution in [0.25, 0.3) is 0 Å². The summed E-state index contributed by atoms with van der Waals surface area (Å²) in [5.74, 6) is 0. The van der Waals surface area contributed by atoms with Gasteiger partial charge in [-0.25, -0.2) is 13.1 Å². The van der Waals surface area contributed by atoms with Crippen LogP contribution in [0.4, 0.5) is 0 Å². The van der Waals surface area contributed by atoms with Gasteiger partial charge in [0.1, 0.15) is 0 Å². The Hall–Kier alpha value is -0.130. The van der Waals surface area contributed by atoms with Crippen molar-refractivity contribution in [2.24, 2.45) is 5.73 Å². The van der Waals surface area contributed by atoms with E-state index in [0.717, 1.165) is 25.7 Å². The number of nitrogens with two attached hydrogens (primary N) is 1. The van der Waals surface area contributed by atoms with Crippen LogP contribution in [0, 0.1) is 0 Å². The molecule has 5 heteroatoms. The van der Waals surface area contributed by atoms with Crippen LogP contribution in [-0.4, -0.2) is 26.3 Å². The maximum atomic E-state index is 11.7. The lowest BCUT2D eigenvalue weighted by Gasteiger charge is -2.22. The van der Waals surface area contributed by atoms with Gasteiger partial charge in [-0.05, 0) is 19.8 Å². The predicted octanol–water partition coefficient (Wildman–Crippen LogP) is 0.586. The Morgan fingerprint density at radius 2 is 1.93 bits per heavy atom. The van der Waals surface area contributed by atoms with Crippen molar-refractivity contribution in [3.05, 3.63) is 0 Å². The molecular formula is C9H20N2O2S. The quantitative estimate of drug-likeness (QED) is 0.728. The summed E-state index contributed by atoms with van der Waals surface area (Å²) < 4.78 is 26.0. The molecule has 1 aliphatic rings. The lowest BCUT2D eigenvalue weighted by Crippen LogP contribution is -2.41. The molecule has 0 aromatic carbocycles. The van der Waals surface area contributed by atoms with Gasteiger partial charge in [0, 0.05) is 12.6 Å². The van der Waals surface area contributed by atoms with Gasteiger partial charge < -0.3 is 5.73 Å². The van der Waals surface area contributed by atoms with Crippen molar-refractivity contribution in [2.45, 2.75) is 50.3 Å². The van der Waals surface area contributed by atoms with Gasteiger partial charge in [-0.2, -0.15) is 0 Å². The average Bonchev–Trinajstić information content (AvgIpc) is 2.16. The summed E-state index contributed by atoms with van der Waals surface area (Å²) in [5, 5.41) is -0.185. The molecule has 0 saturated heterocycles. The molecule has 0 spiro atoms. The van der Waals surface area contributed by atoms with Gasteiger partial charge in [0.15, 0.2) is 0 Å². The van der Waals surface area contributed by atoms with Crippen LogP contribution in [-0.2, 0) is 10.0 Å². The minimum atomic E-state index is -3.11. The smallest absolute Gasteiger partial charge is 0.214 e. The number of nitrogens with one attached hydrogen (secondary N) is 1. The first-order valence-corrected chi connectivity index (χ1v) is 6.81. The van der Waals surface area contributed by atoms with E-state index in [9.17, 15) is 8.42 Å². The molecule has 0 aliphatic heterocycles. The van der Waals surface area contributed by atoms with Crippen LogP contribution >= 0.6 is 0 Å². The second-order valence-electron chi connectivity index (χ2n) is 4.13. The molecule has 1 saturated carbocycles. The first-order valence-electron chi connectivity index (χ1n) is 5.26. The molecule has 1 aliphatic carbocycles. The minimum absolute atomic E-state index is 0.117. The van der Waals surface area contributed by atoms with Crippen LogP contribution in [0.5, 0.6) is 0 Å². The molecule has 1 unspecified atom stereocenters. The Kier molecular flexibility index (Phi) is 4.34. The molecule has 1 fully saturated rings. The van der Waals surface area contributed by atoms with E-state index < -0.39 is 10.0 Å². The van der Waals surface area contributed by atoms with E-state index in [1.165, 1.54) is 6.42 Å². The SMILES string of the molecule is CC(N)CNS(=O)(=O)C1CCCCC1. The number of hydrogen-bond acceptors (Lipinski definition) is 3. The highest BCUT2D eigenvalue weighted by Crippen LogP contribution is 2.22. The molecule has 0 heterocycles. The van der Waals surface area contributed by atoms with Gasteiger partial charge in [0.05, 0.1) is 5.25 Å². The predicted molar refractivity (Wildman–Crippen MR) is 57.4 cm³/mol. The Morgan fingerprint density at radius 3 is 2.43 bits per heavy atom. The molecule has 1 atom stereocenters. The van der Waals surface area contributed by atoms with E-state index in [2.05, 4.69) is 4.72 Å². The monoisotopic (exact) mass is 220 g/mol. The maximum absolute atomic E-state index is 11.7. The van der Waals surface area contributed by atoms with Gasteiger partial charge in [0.2, 0.25) is 10.0 Å². The summed E-state index contributed by atoms with van der Waals surface area (Å²) in [6, 6.07) is -0.117. The highest BCUT2D eigenvalue weighted by Gasteiger charge is 2.26. The van der Waals surface area contributed by atoms with Crippen molar-refractivity contribution in [3.8, 4) is 0 Å². The number of hydrogen-bond donors (Lipinski definition) is 2. The summed E-state index contributed by atoms with van der Waals surface area (Å²) in [5.41, 5.74) is 5.50. The lowest BCUT2D eigenvalue weighted by molar-refractivity contribution is 0.476. The van der Waals surface area contributed by atoms with Gasteiger partial charge in [-0.1, -0.05) is 19.3 Å². The highest BCUT2D eigenvalue weighted by atomic mass is 32.2. The zero-order valence-corrected chi connectivity index (χ0v) is 9.52. The molecule has 84 valence electrons. The van der Waals surface area contributed by atoms with E-state index in [1.807, 2.05) is 0 Å². The second-order valence-corrected chi connectivity index (χ2v) is 6.18. The van der Waals surface area contributed by atoms with E-state index in [0.29, 0.717) is 6.54 Å². The molecular weight excluding hydrogens is 200 g/mol. The third-order valence-electron chi connectivity index (χ3n) is 2.60. The first kappa shape index (κ1) is 11.9. The average molecular weight is 220 g/mol. The molecule has 3 N–H and O–H groups in total. The summed E-state index contributed by atoms with van der Waals surface area (Å²) in [4.78, 5) is 0. The fourth-order valence-corrected chi connectivity index (χ4v) is 3.43. The van der Waals surface area contributed by atoms with Crippen molar-refractivity contribution >= 4 is 10.0 Å². The van der Waals surface area contributed by atoms with E-state index in [4.69, 9.17) is 5.73 Å². The minimum Gasteiger partial charge on any atom is -0.327 e. The zero-order valence-electron chi connectivity index (χ0n) is 8.70. The third kappa shape index (κ3) is 3.55. The molecule has 0 amide bonds. The molecule has 0 bridgehead atoms.